The van der Waals surface area contributed by atoms with E-state index in [9.17, 15) is 13.2 Å². The molecule has 0 radical (unpaired) electrons. The number of rotatable bonds is 14. The first kappa shape index (κ1) is 28.5. The van der Waals surface area contributed by atoms with Gasteiger partial charge in [0.15, 0.2) is 11.5 Å². The van der Waals surface area contributed by atoms with Crippen LogP contribution in [0.4, 0.5) is 10.5 Å². The fraction of sp³-hybridized carbons (Fsp3) is 0.500. The summed E-state index contributed by atoms with van der Waals surface area (Å²) in [6, 6.07) is 11.2. The highest BCUT2D eigenvalue weighted by Crippen LogP contribution is 2.34. The lowest BCUT2D eigenvalue weighted by atomic mass is 10.1. The van der Waals surface area contributed by atoms with E-state index >= 15 is 0 Å². The lowest BCUT2D eigenvalue weighted by molar-refractivity contribution is 0.191. The van der Waals surface area contributed by atoms with Gasteiger partial charge in [-0.15, -0.1) is 0 Å². The number of carbonyl (C=O) groups excluding carboxylic acids is 1. The summed E-state index contributed by atoms with van der Waals surface area (Å²) in [4.78, 5) is 17.0. The summed E-state index contributed by atoms with van der Waals surface area (Å²) in [7, 11) is -0.544. The summed E-state index contributed by atoms with van der Waals surface area (Å²) < 4.78 is 41.4. The number of hydrogen-bond acceptors (Lipinski definition) is 6. The van der Waals surface area contributed by atoms with E-state index in [1.807, 2.05) is 36.4 Å². The first-order valence-electron chi connectivity index (χ1n) is 12.6. The minimum Gasteiger partial charge on any atom is -0.496 e. The molecule has 0 unspecified atom stereocenters. The van der Waals surface area contributed by atoms with Crippen LogP contribution in [0.2, 0.25) is 0 Å². The first-order chi connectivity index (χ1) is 17.8. The normalized spacial score (nSPS) is 14.1. The van der Waals surface area contributed by atoms with Gasteiger partial charge in [-0.1, -0.05) is 31.9 Å². The number of carbonyl (C=O) groups is 1. The Hall–Kier alpha value is -3.02. The Morgan fingerprint density at radius 2 is 1.78 bits per heavy atom. The van der Waals surface area contributed by atoms with Gasteiger partial charge in [0.25, 0.3) is 10.2 Å². The molecule has 1 fully saturated rings. The lowest BCUT2D eigenvalue weighted by Gasteiger charge is -2.36. The monoisotopic (exact) mass is 534 g/mol. The third kappa shape index (κ3) is 8.24. The molecule has 10 nitrogen and oxygen atoms in total. The summed E-state index contributed by atoms with van der Waals surface area (Å²) >= 11 is 0. The van der Waals surface area contributed by atoms with Gasteiger partial charge < -0.3 is 19.1 Å². The van der Waals surface area contributed by atoms with Gasteiger partial charge in [-0.25, -0.2) is 14.7 Å². The number of nitrogens with one attached hydrogen (secondary N) is 1. The molecular weight excluding hydrogens is 496 g/mol. The molecule has 0 spiro atoms. The average Bonchev–Trinajstić information content (AvgIpc) is 2.87. The lowest BCUT2D eigenvalue weighted by Crippen LogP contribution is -2.49. The number of amides is 2. The SMILES string of the molecule is CCCCCOc1cc(N2CCCN(Cc3ccc(CCNS(N)(=O)=O)cc3OC)C2=O)ccc1OC. The number of benzene rings is 2. The standard InChI is InChI=1S/C26H38N4O6S/c1-4-5-6-16-36-25-18-22(10-11-23(25)34-2)30-15-7-14-29(26(30)31)19-21-9-8-20(17-24(21)35-3)12-13-28-37(27,32)33/h8-11,17-18,28H,4-7,12-16,19H2,1-3H3,(H2,27,32,33). The van der Waals surface area contributed by atoms with E-state index in [2.05, 4.69) is 11.6 Å². The van der Waals surface area contributed by atoms with Crippen LogP contribution >= 0.6 is 0 Å². The number of ether oxygens (including phenoxy) is 3. The van der Waals surface area contributed by atoms with Gasteiger partial charge >= 0.3 is 6.03 Å². The van der Waals surface area contributed by atoms with Crippen LogP contribution in [0.1, 0.15) is 43.7 Å². The van der Waals surface area contributed by atoms with Crippen LogP contribution in [0.5, 0.6) is 17.2 Å². The van der Waals surface area contributed by atoms with Crippen LogP contribution in [-0.2, 0) is 23.2 Å². The second-order valence-electron chi connectivity index (χ2n) is 8.94. The number of nitrogens with two attached hydrogens (primary N) is 1. The van der Waals surface area contributed by atoms with Gasteiger partial charge in [0.1, 0.15) is 5.75 Å². The second-order valence-corrected chi connectivity index (χ2v) is 10.3. The Balaban J connectivity index is 1.71. The molecule has 3 rings (SSSR count). The van der Waals surface area contributed by atoms with E-state index in [1.165, 1.54) is 0 Å². The van der Waals surface area contributed by atoms with Crippen molar-refractivity contribution < 1.29 is 27.4 Å². The molecule has 0 aliphatic carbocycles. The molecule has 3 N–H and O–H groups in total. The van der Waals surface area contributed by atoms with Crippen molar-refractivity contribution in [2.24, 2.45) is 5.14 Å². The molecule has 1 aliphatic rings. The van der Waals surface area contributed by atoms with Gasteiger partial charge in [0.2, 0.25) is 0 Å². The molecule has 0 aromatic heterocycles. The Bertz CT molecular complexity index is 1160. The van der Waals surface area contributed by atoms with Crippen LogP contribution in [0.15, 0.2) is 36.4 Å². The van der Waals surface area contributed by atoms with Crippen molar-refractivity contribution in [1.29, 1.82) is 0 Å². The van der Waals surface area contributed by atoms with E-state index in [1.54, 1.807) is 24.0 Å². The molecule has 37 heavy (non-hydrogen) atoms. The molecule has 0 bridgehead atoms. The topological polar surface area (TPSA) is 123 Å². The second kappa shape index (κ2) is 13.5. The van der Waals surface area contributed by atoms with Crippen LogP contribution in [0.3, 0.4) is 0 Å². The predicted molar refractivity (Wildman–Crippen MR) is 144 cm³/mol. The summed E-state index contributed by atoms with van der Waals surface area (Å²) in [6.07, 6.45) is 4.46. The van der Waals surface area contributed by atoms with Gasteiger partial charge in [-0.2, -0.15) is 8.42 Å². The molecule has 11 heteroatoms. The van der Waals surface area contributed by atoms with Crippen molar-refractivity contribution in [1.82, 2.24) is 9.62 Å². The zero-order valence-electron chi connectivity index (χ0n) is 21.9. The summed E-state index contributed by atoms with van der Waals surface area (Å²) in [5.74, 6) is 1.92. The minimum absolute atomic E-state index is 0.0863. The molecule has 0 saturated carbocycles. The maximum Gasteiger partial charge on any atom is 0.324 e. The molecule has 2 aromatic rings. The molecule has 0 atom stereocenters. The summed E-state index contributed by atoms with van der Waals surface area (Å²) in [6.45, 7) is 4.58. The molecule has 204 valence electrons. The van der Waals surface area contributed by atoms with Gasteiger partial charge in [-0.05, 0) is 43.0 Å². The number of methoxy groups -OCH3 is 2. The number of unbranched alkanes of at least 4 members (excludes halogenated alkanes) is 2. The quantitative estimate of drug-likeness (QED) is 0.358. The molecule has 2 aromatic carbocycles. The maximum absolute atomic E-state index is 13.5. The van der Waals surface area contributed by atoms with Crippen LogP contribution in [0.25, 0.3) is 0 Å². The van der Waals surface area contributed by atoms with E-state index in [0.717, 1.165) is 42.5 Å². The van der Waals surface area contributed by atoms with Crippen molar-refractivity contribution in [2.45, 2.75) is 45.6 Å². The zero-order valence-corrected chi connectivity index (χ0v) is 22.7. The van der Waals surface area contributed by atoms with Gasteiger partial charge in [0.05, 0.1) is 27.4 Å². The zero-order chi connectivity index (χ0) is 26.8. The Morgan fingerprint density at radius 3 is 2.49 bits per heavy atom. The Labute approximate surface area is 219 Å². The number of hydrogen-bond donors (Lipinski definition) is 2. The highest BCUT2D eigenvalue weighted by Gasteiger charge is 2.28. The van der Waals surface area contributed by atoms with Crippen molar-refractivity contribution in [3.05, 3.63) is 47.5 Å². The maximum atomic E-state index is 13.5. The summed E-state index contributed by atoms with van der Waals surface area (Å²) in [5.41, 5.74) is 2.54. The highest BCUT2D eigenvalue weighted by molar-refractivity contribution is 7.87. The predicted octanol–water partition coefficient (Wildman–Crippen LogP) is 3.44. The fourth-order valence-corrected chi connectivity index (χ4v) is 4.65. The van der Waals surface area contributed by atoms with Crippen LogP contribution in [-0.4, -0.2) is 59.8 Å². The first-order valence-corrected chi connectivity index (χ1v) is 14.1. The van der Waals surface area contributed by atoms with Crippen LogP contribution < -0.4 is 29.0 Å². The van der Waals surface area contributed by atoms with E-state index in [-0.39, 0.29) is 12.6 Å². The van der Waals surface area contributed by atoms with Crippen molar-refractivity contribution in [3.63, 3.8) is 0 Å². The average molecular weight is 535 g/mol. The Kier molecular flexibility index (Phi) is 10.4. The molecule has 2 amide bonds. The minimum atomic E-state index is -3.73. The number of anilines is 1. The molecule has 1 heterocycles. The highest BCUT2D eigenvalue weighted by atomic mass is 32.2. The largest absolute Gasteiger partial charge is 0.496 e. The van der Waals surface area contributed by atoms with Gasteiger partial charge in [0, 0.05) is 37.0 Å². The van der Waals surface area contributed by atoms with Gasteiger partial charge in [-0.3, -0.25) is 4.90 Å². The fourth-order valence-electron chi connectivity index (χ4n) is 4.27. The van der Waals surface area contributed by atoms with Crippen molar-refractivity contribution in [3.8, 4) is 17.2 Å². The van der Waals surface area contributed by atoms with E-state index in [4.69, 9.17) is 19.3 Å². The summed E-state index contributed by atoms with van der Waals surface area (Å²) in [5, 5.41) is 4.99. The number of urea groups is 1. The third-order valence-corrected chi connectivity index (χ3v) is 6.81. The van der Waals surface area contributed by atoms with E-state index in [0.29, 0.717) is 49.9 Å². The molecular formula is C26H38N4O6S. The smallest absolute Gasteiger partial charge is 0.324 e. The molecule has 1 saturated heterocycles. The Morgan fingerprint density at radius 1 is 1.00 bits per heavy atom. The number of nitrogens with zero attached hydrogens (tertiary/aromatic N) is 2. The van der Waals surface area contributed by atoms with Crippen LogP contribution in [0, 0.1) is 0 Å². The van der Waals surface area contributed by atoms with Crippen molar-refractivity contribution in [2.75, 3.05) is 45.4 Å². The van der Waals surface area contributed by atoms with Crippen molar-refractivity contribution >= 4 is 21.9 Å². The van der Waals surface area contributed by atoms with E-state index < -0.39 is 10.2 Å². The molecule has 1 aliphatic heterocycles. The third-order valence-electron chi connectivity index (χ3n) is 6.21.